The number of aryl methyl sites for hydroxylation is 1. The highest BCUT2D eigenvalue weighted by atomic mass is 16.6. The molecule has 0 unspecified atom stereocenters. The molecule has 104 valence electrons. The molecule has 0 aliphatic rings. The van der Waals surface area contributed by atoms with Crippen molar-refractivity contribution in [1.82, 2.24) is 0 Å². The molecule has 0 heterocycles. The molecule has 1 amide bonds. The van der Waals surface area contributed by atoms with Gasteiger partial charge in [-0.05, 0) is 58.2 Å². The smallest absolute Gasteiger partial charge is 0.412 e. The number of carbonyl (C=O) groups is 1. The molecule has 0 bridgehead atoms. The lowest BCUT2D eigenvalue weighted by Gasteiger charge is -2.19. The molecule has 19 heavy (non-hydrogen) atoms. The molecule has 1 rings (SSSR count). The zero-order chi connectivity index (χ0) is 14.3. The number of ether oxygens (including phenoxy) is 1. The average molecular weight is 261 g/mol. The number of benzene rings is 1. The number of anilines is 1. The number of allylic oxidation sites excluding steroid dienone is 2. The predicted octanol–water partition coefficient (Wildman–Crippen LogP) is 4.54. The Balaban J connectivity index is 2.59. The maximum atomic E-state index is 11.7. The van der Waals surface area contributed by atoms with Gasteiger partial charge in [0.15, 0.2) is 0 Å². The number of hydrogen-bond acceptors (Lipinski definition) is 2. The maximum Gasteiger partial charge on any atom is 0.412 e. The van der Waals surface area contributed by atoms with Gasteiger partial charge in [0, 0.05) is 5.69 Å². The van der Waals surface area contributed by atoms with Crippen LogP contribution in [0.1, 0.15) is 39.7 Å². The number of carbonyl (C=O) groups excluding carboxylic acids is 1. The average Bonchev–Trinajstić information content (AvgIpc) is 2.27. The second-order valence-electron chi connectivity index (χ2n) is 5.43. The van der Waals surface area contributed by atoms with Crippen molar-refractivity contribution in [2.24, 2.45) is 0 Å². The van der Waals surface area contributed by atoms with Crippen LogP contribution in [0.4, 0.5) is 10.5 Å². The Morgan fingerprint density at radius 1 is 1.37 bits per heavy atom. The molecular formula is C16H23NO2. The fourth-order valence-corrected chi connectivity index (χ4v) is 1.64. The van der Waals surface area contributed by atoms with E-state index in [9.17, 15) is 4.79 Å². The van der Waals surface area contributed by atoms with Crippen LogP contribution in [0.15, 0.2) is 36.4 Å². The minimum atomic E-state index is -0.479. The van der Waals surface area contributed by atoms with Gasteiger partial charge in [-0.1, -0.05) is 24.3 Å². The Bertz CT molecular complexity index is 444. The summed E-state index contributed by atoms with van der Waals surface area (Å²) in [5.74, 6) is 0. The largest absolute Gasteiger partial charge is 0.444 e. The second kappa shape index (κ2) is 6.98. The first-order chi connectivity index (χ1) is 8.90. The molecule has 0 saturated carbocycles. The zero-order valence-electron chi connectivity index (χ0n) is 12.2. The lowest BCUT2D eigenvalue weighted by molar-refractivity contribution is 0.0636. The summed E-state index contributed by atoms with van der Waals surface area (Å²) >= 11 is 0. The molecule has 1 aromatic rings. The highest BCUT2D eigenvalue weighted by Crippen LogP contribution is 2.14. The third kappa shape index (κ3) is 6.65. The molecule has 0 saturated heterocycles. The Morgan fingerprint density at radius 2 is 2.11 bits per heavy atom. The molecule has 1 aromatic carbocycles. The van der Waals surface area contributed by atoms with Gasteiger partial charge in [0.25, 0.3) is 0 Å². The normalized spacial score (nSPS) is 11.6. The summed E-state index contributed by atoms with van der Waals surface area (Å²) in [6.45, 7) is 7.56. The van der Waals surface area contributed by atoms with Crippen LogP contribution < -0.4 is 5.32 Å². The van der Waals surface area contributed by atoms with Crippen LogP contribution in [0, 0.1) is 0 Å². The molecule has 0 aliphatic carbocycles. The van der Waals surface area contributed by atoms with Gasteiger partial charge in [-0.25, -0.2) is 4.79 Å². The summed E-state index contributed by atoms with van der Waals surface area (Å²) in [7, 11) is 0. The SMILES string of the molecule is C/C=C/CCc1cccc(NC(=O)OC(C)(C)C)c1. The van der Waals surface area contributed by atoms with E-state index >= 15 is 0 Å². The van der Waals surface area contributed by atoms with Gasteiger partial charge in [0.2, 0.25) is 0 Å². The molecule has 0 spiro atoms. The zero-order valence-corrected chi connectivity index (χ0v) is 12.2. The van der Waals surface area contributed by atoms with E-state index < -0.39 is 11.7 Å². The first-order valence-corrected chi connectivity index (χ1v) is 6.61. The molecule has 0 aromatic heterocycles. The number of hydrogen-bond donors (Lipinski definition) is 1. The first kappa shape index (κ1) is 15.3. The van der Waals surface area contributed by atoms with Crippen LogP contribution in [0.5, 0.6) is 0 Å². The van der Waals surface area contributed by atoms with E-state index in [4.69, 9.17) is 4.74 Å². The van der Waals surface area contributed by atoms with E-state index in [1.54, 1.807) is 0 Å². The van der Waals surface area contributed by atoms with Gasteiger partial charge < -0.3 is 4.74 Å². The Morgan fingerprint density at radius 3 is 2.74 bits per heavy atom. The summed E-state index contributed by atoms with van der Waals surface area (Å²) in [6, 6.07) is 7.85. The summed E-state index contributed by atoms with van der Waals surface area (Å²) in [5, 5.41) is 2.75. The van der Waals surface area contributed by atoms with Gasteiger partial charge in [-0.2, -0.15) is 0 Å². The summed E-state index contributed by atoms with van der Waals surface area (Å²) in [6.07, 6.45) is 5.73. The number of amides is 1. The number of nitrogens with one attached hydrogen (secondary N) is 1. The van der Waals surface area contributed by atoms with Crippen molar-refractivity contribution in [3.05, 3.63) is 42.0 Å². The van der Waals surface area contributed by atoms with E-state index in [0.717, 1.165) is 18.5 Å². The molecule has 3 heteroatoms. The van der Waals surface area contributed by atoms with E-state index in [2.05, 4.69) is 17.5 Å². The predicted molar refractivity (Wildman–Crippen MR) is 79.4 cm³/mol. The minimum Gasteiger partial charge on any atom is -0.444 e. The molecule has 3 nitrogen and oxygen atoms in total. The van der Waals surface area contributed by atoms with Crippen molar-refractivity contribution >= 4 is 11.8 Å². The lowest BCUT2D eigenvalue weighted by atomic mass is 10.1. The molecule has 0 fully saturated rings. The third-order valence-corrected chi connectivity index (χ3v) is 2.41. The van der Waals surface area contributed by atoms with E-state index in [0.29, 0.717) is 0 Å². The fourth-order valence-electron chi connectivity index (χ4n) is 1.64. The molecule has 0 atom stereocenters. The van der Waals surface area contributed by atoms with Crippen molar-refractivity contribution in [2.75, 3.05) is 5.32 Å². The van der Waals surface area contributed by atoms with E-state index in [1.165, 1.54) is 5.56 Å². The monoisotopic (exact) mass is 261 g/mol. The standard InChI is InChI=1S/C16H23NO2/c1-5-6-7-9-13-10-8-11-14(12-13)17-15(18)19-16(2,3)4/h5-6,8,10-12H,7,9H2,1-4H3,(H,17,18)/b6-5+. The quantitative estimate of drug-likeness (QED) is 0.808. The summed E-state index contributed by atoms with van der Waals surface area (Å²) < 4.78 is 5.22. The van der Waals surface area contributed by atoms with E-state index in [-0.39, 0.29) is 0 Å². The van der Waals surface area contributed by atoms with Crippen molar-refractivity contribution < 1.29 is 9.53 Å². The second-order valence-corrected chi connectivity index (χ2v) is 5.43. The van der Waals surface area contributed by atoms with E-state index in [1.807, 2.05) is 52.0 Å². The van der Waals surface area contributed by atoms with Crippen LogP contribution in [0.3, 0.4) is 0 Å². The molecular weight excluding hydrogens is 238 g/mol. The molecule has 1 N–H and O–H groups in total. The maximum absolute atomic E-state index is 11.7. The molecule has 0 radical (unpaired) electrons. The summed E-state index contributed by atoms with van der Waals surface area (Å²) in [5.41, 5.74) is 1.49. The third-order valence-electron chi connectivity index (χ3n) is 2.41. The van der Waals surface area contributed by atoms with Crippen LogP contribution in [0.2, 0.25) is 0 Å². The highest BCUT2D eigenvalue weighted by Gasteiger charge is 2.16. The van der Waals surface area contributed by atoms with Crippen LogP contribution >= 0.6 is 0 Å². The van der Waals surface area contributed by atoms with Gasteiger partial charge in [0.1, 0.15) is 5.60 Å². The van der Waals surface area contributed by atoms with Crippen LogP contribution in [0.25, 0.3) is 0 Å². The Hall–Kier alpha value is -1.77. The topological polar surface area (TPSA) is 38.3 Å². The van der Waals surface area contributed by atoms with Crippen LogP contribution in [-0.2, 0) is 11.2 Å². The summed E-state index contributed by atoms with van der Waals surface area (Å²) in [4.78, 5) is 11.7. The molecule has 0 aliphatic heterocycles. The van der Waals surface area contributed by atoms with Gasteiger partial charge in [-0.3, -0.25) is 5.32 Å². The first-order valence-electron chi connectivity index (χ1n) is 6.61. The van der Waals surface area contributed by atoms with Crippen molar-refractivity contribution in [3.63, 3.8) is 0 Å². The Kier molecular flexibility index (Phi) is 5.61. The highest BCUT2D eigenvalue weighted by molar-refractivity contribution is 5.84. The number of rotatable bonds is 4. The minimum absolute atomic E-state index is 0.418. The van der Waals surface area contributed by atoms with Crippen molar-refractivity contribution in [2.45, 2.75) is 46.1 Å². The fraction of sp³-hybridized carbons (Fsp3) is 0.438. The van der Waals surface area contributed by atoms with Crippen molar-refractivity contribution in [1.29, 1.82) is 0 Å². The van der Waals surface area contributed by atoms with Gasteiger partial charge in [0.05, 0.1) is 0 Å². The van der Waals surface area contributed by atoms with Gasteiger partial charge >= 0.3 is 6.09 Å². The van der Waals surface area contributed by atoms with Gasteiger partial charge in [-0.15, -0.1) is 0 Å². The van der Waals surface area contributed by atoms with Crippen molar-refractivity contribution in [3.8, 4) is 0 Å². The van der Waals surface area contributed by atoms with Crippen LogP contribution in [-0.4, -0.2) is 11.7 Å². The lowest BCUT2D eigenvalue weighted by Crippen LogP contribution is -2.27. The Labute approximate surface area is 115 Å².